The van der Waals surface area contributed by atoms with Crippen LogP contribution in [0.25, 0.3) is 0 Å². The molecule has 1 aliphatic heterocycles. The number of aliphatic imine (C=N–C) groups is 1. The lowest BCUT2D eigenvalue weighted by molar-refractivity contribution is 0.376. The summed E-state index contributed by atoms with van der Waals surface area (Å²) in [5.41, 5.74) is 2.52. The second-order valence-electron chi connectivity index (χ2n) is 7.17. The van der Waals surface area contributed by atoms with Crippen LogP contribution in [0.4, 0.5) is 0 Å². The summed E-state index contributed by atoms with van der Waals surface area (Å²) in [6.45, 7) is 11.2. The lowest BCUT2D eigenvalue weighted by Gasteiger charge is -2.39. The Bertz CT molecular complexity index is 730. The molecule has 1 saturated heterocycles. The van der Waals surface area contributed by atoms with Gasteiger partial charge in [0.2, 0.25) is 0 Å². The molecule has 1 aromatic heterocycles. The van der Waals surface area contributed by atoms with Gasteiger partial charge in [0.15, 0.2) is 5.96 Å². The van der Waals surface area contributed by atoms with Crippen molar-refractivity contribution in [1.82, 2.24) is 20.0 Å². The van der Waals surface area contributed by atoms with Gasteiger partial charge in [0.25, 0.3) is 0 Å². The molecule has 0 amide bonds. The molecule has 0 atom stereocenters. The molecule has 2 heterocycles. The largest absolute Gasteiger partial charge is 0.357 e. The third-order valence-corrected chi connectivity index (χ3v) is 5.77. The van der Waals surface area contributed by atoms with Crippen molar-refractivity contribution in [3.8, 4) is 0 Å². The van der Waals surface area contributed by atoms with E-state index in [-0.39, 0.29) is 28.7 Å². The van der Waals surface area contributed by atoms with Gasteiger partial charge in [-0.1, -0.05) is 24.3 Å². The Hall–Kier alpha value is -1.22. The monoisotopic (exact) mass is 499 g/mol. The van der Waals surface area contributed by atoms with Crippen molar-refractivity contribution < 1.29 is 0 Å². The summed E-state index contributed by atoms with van der Waals surface area (Å²) in [5.74, 6) is 2.17. The zero-order valence-electron chi connectivity index (χ0n) is 16.4. The third-order valence-electron chi connectivity index (χ3n) is 4.47. The van der Waals surface area contributed by atoms with Gasteiger partial charge in [-0.25, -0.2) is 4.99 Å². The molecule has 1 N–H and O–H groups in total. The molecule has 5 nitrogen and oxygen atoms in total. The highest BCUT2D eigenvalue weighted by molar-refractivity contribution is 14.0. The van der Waals surface area contributed by atoms with Gasteiger partial charge in [-0.05, 0) is 38.0 Å². The summed E-state index contributed by atoms with van der Waals surface area (Å²) < 4.78 is 2.23. The molecule has 3 rings (SSSR count). The van der Waals surface area contributed by atoms with E-state index in [1.807, 2.05) is 34.9 Å². The Morgan fingerprint density at radius 2 is 2.04 bits per heavy atom. The first-order valence-electron chi connectivity index (χ1n) is 9.29. The summed E-state index contributed by atoms with van der Waals surface area (Å²) in [4.78, 5) is 7.35. The van der Waals surface area contributed by atoms with E-state index < -0.39 is 0 Å². The maximum absolute atomic E-state index is 4.96. The van der Waals surface area contributed by atoms with Crippen LogP contribution in [0.1, 0.15) is 31.9 Å². The zero-order valence-corrected chi connectivity index (χ0v) is 19.5. The number of nitrogens with zero attached hydrogens (tertiary/aromatic N) is 4. The van der Waals surface area contributed by atoms with Crippen LogP contribution in [0.15, 0.2) is 47.7 Å². The Labute approximate surface area is 184 Å². The minimum absolute atomic E-state index is 0. The minimum atomic E-state index is 0. The van der Waals surface area contributed by atoms with E-state index in [9.17, 15) is 0 Å². The van der Waals surface area contributed by atoms with Crippen molar-refractivity contribution in [2.75, 3.05) is 25.4 Å². The number of hydrogen-bond acceptors (Lipinski definition) is 3. The van der Waals surface area contributed by atoms with E-state index in [0.717, 1.165) is 37.9 Å². The Morgan fingerprint density at radius 1 is 1.26 bits per heavy atom. The first-order valence-corrected chi connectivity index (χ1v) is 10.3. The molecule has 2 aromatic rings. The van der Waals surface area contributed by atoms with Crippen LogP contribution < -0.4 is 5.32 Å². The van der Waals surface area contributed by atoms with E-state index in [1.165, 1.54) is 11.1 Å². The lowest BCUT2D eigenvalue weighted by Crippen LogP contribution is -2.50. The van der Waals surface area contributed by atoms with Crippen molar-refractivity contribution in [3.05, 3.63) is 53.9 Å². The number of guanidine groups is 1. The number of halogens is 1. The summed E-state index contributed by atoms with van der Waals surface area (Å²) in [7, 11) is 0. The minimum Gasteiger partial charge on any atom is -0.357 e. The Balaban J connectivity index is 0.00000261. The second-order valence-corrected chi connectivity index (χ2v) is 8.97. The number of hydrogen-bond donors (Lipinski definition) is 1. The van der Waals surface area contributed by atoms with Crippen molar-refractivity contribution in [2.24, 2.45) is 4.99 Å². The molecule has 0 aliphatic carbocycles. The van der Waals surface area contributed by atoms with Gasteiger partial charge in [-0.3, -0.25) is 4.68 Å². The molecule has 148 valence electrons. The van der Waals surface area contributed by atoms with Crippen LogP contribution in [0.5, 0.6) is 0 Å². The lowest BCUT2D eigenvalue weighted by atomic mass is 10.1. The molecule has 0 saturated carbocycles. The topological polar surface area (TPSA) is 45.5 Å². The maximum atomic E-state index is 4.96. The first kappa shape index (κ1) is 22.1. The van der Waals surface area contributed by atoms with E-state index in [2.05, 4.69) is 60.4 Å². The van der Waals surface area contributed by atoms with Gasteiger partial charge in [0.1, 0.15) is 0 Å². The summed E-state index contributed by atoms with van der Waals surface area (Å²) in [6.07, 6.45) is 3.82. The molecular weight excluding hydrogens is 469 g/mol. The number of thioether (sulfide) groups is 1. The van der Waals surface area contributed by atoms with Crippen molar-refractivity contribution in [2.45, 2.75) is 38.6 Å². The summed E-state index contributed by atoms with van der Waals surface area (Å²) in [6, 6.07) is 10.5. The van der Waals surface area contributed by atoms with E-state index in [1.54, 1.807) is 0 Å². The highest BCUT2D eigenvalue weighted by Gasteiger charge is 2.28. The molecule has 0 unspecified atom stereocenters. The average Bonchev–Trinajstić information content (AvgIpc) is 3.12. The fraction of sp³-hybridized carbons (Fsp3) is 0.500. The van der Waals surface area contributed by atoms with E-state index in [0.29, 0.717) is 6.54 Å². The van der Waals surface area contributed by atoms with Crippen molar-refractivity contribution in [1.29, 1.82) is 0 Å². The fourth-order valence-corrected chi connectivity index (χ4v) is 4.33. The quantitative estimate of drug-likeness (QED) is 0.386. The molecule has 7 heteroatoms. The van der Waals surface area contributed by atoms with Gasteiger partial charge in [-0.15, -0.1) is 24.0 Å². The van der Waals surface area contributed by atoms with Gasteiger partial charge in [0, 0.05) is 42.5 Å². The standard InChI is InChI=1S/C20H29N5S.HI/c1-4-21-19(24-12-13-26-20(2,3)16-24)22-14-17-8-5-6-9-18(17)15-25-11-7-10-23-25;/h5-11H,4,12-16H2,1-3H3,(H,21,22);1H. The molecule has 1 fully saturated rings. The summed E-state index contributed by atoms with van der Waals surface area (Å²) in [5, 5.41) is 7.80. The SMILES string of the molecule is CCNC(=NCc1ccccc1Cn1cccn1)N1CCSC(C)(C)C1.I. The molecule has 1 aromatic carbocycles. The highest BCUT2D eigenvalue weighted by Crippen LogP contribution is 2.29. The first-order chi connectivity index (χ1) is 12.6. The molecule has 1 aliphatic rings. The van der Waals surface area contributed by atoms with Gasteiger partial charge in [0.05, 0.1) is 13.1 Å². The van der Waals surface area contributed by atoms with Crippen LogP contribution in [0.2, 0.25) is 0 Å². The van der Waals surface area contributed by atoms with Crippen molar-refractivity contribution in [3.63, 3.8) is 0 Å². The third kappa shape index (κ3) is 6.41. The molecule has 27 heavy (non-hydrogen) atoms. The number of nitrogens with one attached hydrogen (secondary N) is 1. The maximum Gasteiger partial charge on any atom is 0.194 e. The predicted octanol–water partition coefficient (Wildman–Crippen LogP) is 3.84. The average molecular weight is 499 g/mol. The molecule has 0 spiro atoms. The number of benzene rings is 1. The Morgan fingerprint density at radius 3 is 2.70 bits per heavy atom. The molecule has 0 bridgehead atoms. The number of rotatable bonds is 5. The molecular formula is C20H30IN5S. The highest BCUT2D eigenvalue weighted by atomic mass is 127. The normalized spacial score (nSPS) is 16.7. The van der Waals surface area contributed by atoms with Gasteiger partial charge in [-0.2, -0.15) is 16.9 Å². The van der Waals surface area contributed by atoms with Gasteiger partial charge >= 0.3 is 0 Å². The van der Waals surface area contributed by atoms with Crippen LogP contribution in [-0.4, -0.2) is 50.8 Å². The zero-order chi connectivity index (χ0) is 18.4. The predicted molar refractivity (Wildman–Crippen MR) is 126 cm³/mol. The van der Waals surface area contributed by atoms with E-state index in [4.69, 9.17) is 4.99 Å². The van der Waals surface area contributed by atoms with Gasteiger partial charge < -0.3 is 10.2 Å². The van der Waals surface area contributed by atoms with Crippen LogP contribution in [0.3, 0.4) is 0 Å². The van der Waals surface area contributed by atoms with Crippen LogP contribution >= 0.6 is 35.7 Å². The van der Waals surface area contributed by atoms with E-state index >= 15 is 0 Å². The van der Waals surface area contributed by atoms with Crippen molar-refractivity contribution >= 4 is 41.7 Å². The smallest absolute Gasteiger partial charge is 0.194 e. The second kappa shape index (κ2) is 10.4. The van der Waals surface area contributed by atoms with Crippen LogP contribution in [0, 0.1) is 0 Å². The summed E-state index contributed by atoms with van der Waals surface area (Å²) >= 11 is 2.04. The number of aromatic nitrogens is 2. The van der Waals surface area contributed by atoms with Crippen LogP contribution in [-0.2, 0) is 13.1 Å². The molecule has 0 radical (unpaired) electrons. The Kier molecular flexibility index (Phi) is 8.47. The fourth-order valence-electron chi connectivity index (χ4n) is 3.22.